The minimum Gasteiger partial charge on any atom is -0.377 e. The molecule has 1 saturated heterocycles. The lowest BCUT2D eigenvalue weighted by molar-refractivity contribution is 0.0977. The van der Waals surface area contributed by atoms with Crippen LogP contribution in [0.3, 0.4) is 0 Å². The Kier molecular flexibility index (Phi) is 5.91. The Morgan fingerprint density at radius 2 is 1.93 bits per heavy atom. The molecule has 2 fully saturated rings. The molecular weight excluding hydrogens is 580 g/mol. The van der Waals surface area contributed by atoms with E-state index in [0.29, 0.717) is 41.2 Å². The molecule has 1 aliphatic heterocycles. The van der Waals surface area contributed by atoms with Gasteiger partial charge in [0.05, 0.1) is 28.9 Å². The zero-order valence-corrected chi connectivity index (χ0v) is 24.9. The summed E-state index contributed by atoms with van der Waals surface area (Å²) in [7, 11) is -2.17. The molecule has 1 aromatic carbocycles. The van der Waals surface area contributed by atoms with Crippen LogP contribution in [0.1, 0.15) is 50.3 Å². The number of rotatable bonds is 7. The number of nitrogens with zero attached hydrogens (tertiary/aromatic N) is 6. The van der Waals surface area contributed by atoms with Gasteiger partial charge in [-0.3, -0.25) is 18.8 Å². The van der Waals surface area contributed by atoms with Crippen LogP contribution in [0.5, 0.6) is 0 Å². The Hall–Kier alpha value is -3.97. The summed E-state index contributed by atoms with van der Waals surface area (Å²) >= 11 is 6.03. The molecule has 2 N–H and O–H groups in total. The van der Waals surface area contributed by atoms with E-state index < -0.39 is 28.9 Å². The van der Waals surface area contributed by atoms with Gasteiger partial charge >= 0.3 is 0 Å². The highest BCUT2D eigenvalue weighted by Crippen LogP contribution is 2.58. The van der Waals surface area contributed by atoms with Gasteiger partial charge in [0.2, 0.25) is 16.0 Å². The lowest BCUT2D eigenvalue weighted by Crippen LogP contribution is -2.32. The van der Waals surface area contributed by atoms with Crippen LogP contribution in [-0.2, 0) is 24.0 Å². The minimum absolute atomic E-state index is 0.0106. The minimum atomic E-state index is -3.86. The van der Waals surface area contributed by atoms with Crippen molar-refractivity contribution in [3.63, 3.8) is 0 Å². The molecule has 220 valence electrons. The van der Waals surface area contributed by atoms with Crippen LogP contribution >= 0.6 is 11.6 Å². The summed E-state index contributed by atoms with van der Waals surface area (Å²) in [6.07, 6.45) is 2.38. The molecule has 3 aromatic heterocycles. The molecule has 12 nitrogen and oxygen atoms in total. The van der Waals surface area contributed by atoms with Gasteiger partial charge in [0.25, 0.3) is 11.5 Å². The third kappa shape index (κ3) is 5.00. The van der Waals surface area contributed by atoms with Gasteiger partial charge in [-0.1, -0.05) is 17.7 Å². The maximum absolute atomic E-state index is 13.7. The van der Waals surface area contributed by atoms with Gasteiger partial charge < -0.3 is 10.2 Å². The number of pyridine rings is 1. The molecule has 1 amide bonds. The number of benzene rings is 1. The van der Waals surface area contributed by atoms with Crippen molar-refractivity contribution in [1.82, 2.24) is 29.0 Å². The quantitative estimate of drug-likeness (QED) is 0.301. The van der Waals surface area contributed by atoms with Gasteiger partial charge in [0, 0.05) is 54.6 Å². The highest BCUT2D eigenvalue weighted by atomic mass is 35.5. The fraction of sp³-hybridized carbons (Fsp3) is 0.393. The summed E-state index contributed by atoms with van der Waals surface area (Å²) in [5.74, 6) is 0.0586. The first kappa shape index (κ1) is 24.6. The van der Waals surface area contributed by atoms with E-state index in [9.17, 15) is 18.0 Å². The van der Waals surface area contributed by atoms with Crippen molar-refractivity contribution in [3.8, 4) is 0 Å². The monoisotopic (exact) mass is 613 g/mol. The van der Waals surface area contributed by atoms with E-state index in [4.69, 9.17) is 20.7 Å². The Balaban J connectivity index is 1.32. The van der Waals surface area contributed by atoms with E-state index >= 15 is 0 Å². The van der Waals surface area contributed by atoms with Crippen molar-refractivity contribution in [2.75, 3.05) is 29.6 Å². The van der Waals surface area contributed by atoms with Gasteiger partial charge in [-0.15, -0.1) is 0 Å². The molecule has 1 saturated carbocycles. The second kappa shape index (κ2) is 10.1. The van der Waals surface area contributed by atoms with Crippen molar-refractivity contribution in [1.29, 1.82) is 0 Å². The topological polar surface area (TPSA) is 144 Å². The van der Waals surface area contributed by atoms with Gasteiger partial charge in [-0.2, -0.15) is 5.10 Å². The molecule has 4 atom stereocenters. The fourth-order valence-electron chi connectivity index (χ4n) is 6.10. The van der Waals surface area contributed by atoms with Crippen LogP contribution in [0, 0.1) is 18.8 Å². The molecule has 42 heavy (non-hydrogen) atoms. The number of aromatic nitrogens is 5. The predicted molar refractivity (Wildman–Crippen MR) is 160 cm³/mol. The normalized spacial score (nSPS) is 21.8. The van der Waals surface area contributed by atoms with Crippen LogP contribution in [0.2, 0.25) is 5.15 Å². The summed E-state index contributed by atoms with van der Waals surface area (Å²) in [6, 6.07) is 7.97. The Labute approximate surface area is 252 Å². The largest absolute Gasteiger partial charge is 0.377 e. The average Bonchev–Trinajstić information content (AvgIpc) is 3.28. The zero-order valence-electron chi connectivity index (χ0n) is 26.3. The summed E-state index contributed by atoms with van der Waals surface area (Å²) in [6.45, 7) is 2.58. The second-order valence-electron chi connectivity index (χ2n) is 11.1. The molecule has 6 rings (SSSR count). The van der Waals surface area contributed by atoms with E-state index in [1.807, 2.05) is 24.6 Å². The number of piperidine rings is 1. The molecule has 4 heterocycles. The van der Waals surface area contributed by atoms with Gasteiger partial charge in [-0.05, 0) is 55.5 Å². The number of carbonyl (C=O) groups excluding carboxylic acids is 1. The number of fused-ring (bicyclic) bond motifs is 2. The number of halogens is 1. The maximum atomic E-state index is 13.7. The SMILES string of the molecule is [2H]C([2H])([2H])n1nccc1C1[C@H]2CN(c3nc4c([C@@H](C)Nc5ccc(Cl)nc5C(=O)NS(C)(=O)=O)cc(C)cc4c(=O)n3C)C[C@@H]12. The molecule has 1 unspecified atom stereocenters. The molecule has 14 heteroatoms. The number of aryl methyl sites for hydroxylation is 2. The Morgan fingerprint density at radius 1 is 1.19 bits per heavy atom. The van der Waals surface area contributed by atoms with Gasteiger partial charge in [0.15, 0.2) is 5.69 Å². The summed E-state index contributed by atoms with van der Waals surface area (Å²) < 4.78 is 51.4. The van der Waals surface area contributed by atoms with E-state index in [1.165, 1.54) is 22.9 Å². The number of hydrogen-bond donors (Lipinski definition) is 2. The van der Waals surface area contributed by atoms with Crippen molar-refractivity contribution >= 4 is 50.1 Å². The standard InChI is InChI=1S/C28H31ClN8O4S/c1-14-10-16(15(2)31-20-6-7-22(29)32-25(20)26(38)34-42(5,40)41)24-17(11-14)27(39)35(3)28(33-24)37-12-18-19(13-37)23(18)21-8-9-30-36(21)4/h6-11,15,18-19,23,31H,12-13H2,1-5H3,(H,34,38)/t15-,18-,19+,23?/m1/s1/i4D3. The lowest BCUT2D eigenvalue weighted by atomic mass is 10.0. The molecular formula is C28H31ClN8O4S. The first-order chi connectivity index (χ1) is 21.0. The second-order valence-corrected chi connectivity index (χ2v) is 13.2. The average molecular weight is 614 g/mol. The highest BCUT2D eigenvalue weighted by molar-refractivity contribution is 7.89. The van der Waals surface area contributed by atoms with E-state index in [0.717, 1.165) is 16.5 Å². The summed E-state index contributed by atoms with van der Waals surface area (Å²) in [5, 5.41) is 7.69. The Bertz CT molecular complexity index is 2020. The van der Waals surface area contributed by atoms with E-state index in [-0.39, 0.29) is 39.8 Å². The number of anilines is 2. The summed E-state index contributed by atoms with van der Waals surface area (Å²) in [5.41, 5.74) is 2.53. The van der Waals surface area contributed by atoms with Crippen molar-refractivity contribution < 1.29 is 17.3 Å². The first-order valence-corrected chi connectivity index (χ1v) is 15.6. The summed E-state index contributed by atoms with van der Waals surface area (Å²) in [4.78, 5) is 37.5. The maximum Gasteiger partial charge on any atom is 0.285 e. The number of amides is 1. The number of nitrogens with one attached hydrogen (secondary N) is 2. The Morgan fingerprint density at radius 3 is 2.62 bits per heavy atom. The van der Waals surface area contributed by atoms with E-state index in [2.05, 4.69) is 20.3 Å². The third-order valence-electron chi connectivity index (χ3n) is 8.01. The van der Waals surface area contributed by atoms with Crippen molar-refractivity contribution in [3.05, 3.63) is 74.6 Å². The van der Waals surface area contributed by atoms with Crippen molar-refractivity contribution in [2.45, 2.75) is 25.8 Å². The number of carbonyl (C=O) groups is 1. The van der Waals surface area contributed by atoms with Crippen LogP contribution in [0.4, 0.5) is 11.6 Å². The zero-order chi connectivity index (χ0) is 32.6. The fourth-order valence-corrected chi connectivity index (χ4v) is 6.68. The number of sulfonamides is 1. The molecule has 0 spiro atoms. The molecule has 4 aromatic rings. The van der Waals surface area contributed by atoms with Crippen LogP contribution < -0.4 is 20.5 Å². The van der Waals surface area contributed by atoms with Crippen molar-refractivity contribution in [2.24, 2.45) is 25.9 Å². The predicted octanol–water partition coefficient (Wildman–Crippen LogP) is 2.74. The van der Waals surface area contributed by atoms with Gasteiger partial charge in [0.1, 0.15) is 5.15 Å². The van der Waals surface area contributed by atoms with Gasteiger partial charge in [-0.25, -0.2) is 23.1 Å². The lowest BCUT2D eigenvalue weighted by Gasteiger charge is -2.25. The number of hydrogen-bond acceptors (Lipinski definition) is 9. The molecule has 2 aliphatic rings. The first-order valence-electron chi connectivity index (χ1n) is 14.8. The highest BCUT2D eigenvalue weighted by Gasteiger charge is 2.57. The third-order valence-corrected chi connectivity index (χ3v) is 8.78. The van der Waals surface area contributed by atoms with Crippen LogP contribution in [0.25, 0.3) is 10.9 Å². The molecule has 0 bridgehead atoms. The van der Waals surface area contributed by atoms with Crippen LogP contribution in [-0.4, -0.2) is 58.0 Å². The molecule has 1 aliphatic carbocycles. The van der Waals surface area contributed by atoms with Crippen LogP contribution in [0.15, 0.2) is 41.3 Å². The smallest absolute Gasteiger partial charge is 0.285 e. The van der Waals surface area contributed by atoms with E-state index in [1.54, 1.807) is 19.2 Å². The molecule has 0 radical (unpaired) electrons.